The van der Waals surface area contributed by atoms with Gasteiger partial charge < -0.3 is 14.6 Å². The van der Waals surface area contributed by atoms with E-state index in [1.807, 2.05) is 0 Å². The Morgan fingerprint density at radius 2 is 1.44 bits per heavy atom. The van der Waals surface area contributed by atoms with Crippen molar-refractivity contribution in [1.29, 1.82) is 0 Å². The van der Waals surface area contributed by atoms with Crippen LogP contribution < -0.4 is 34.7 Å². The van der Waals surface area contributed by atoms with Crippen LogP contribution in [0.1, 0.15) is 17.5 Å². The van der Waals surface area contributed by atoms with E-state index in [1.165, 1.54) is 12.1 Å². The number of carbonyl (C=O) groups excluding carboxylic acids is 2. The second-order valence-electron chi connectivity index (χ2n) is 5.74. The van der Waals surface area contributed by atoms with Crippen molar-refractivity contribution in [2.45, 2.75) is 24.2 Å². The third kappa shape index (κ3) is 6.15. The second kappa shape index (κ2) is 10.0. The molecule has 0 fully saturated rings. The first-order chi connectivity index (χ1) is 12.2. The van der Waals surface area contributed by atoms with Gasteiger partial charge in [0.2, 0.25) is 4.75 Å². The van der Waals surface area contributed by atoms with Crippen molar-refractivity contribution in [3.63, 3.8) is 0 Å². The summed E-state index contributed by atoms with van der Waals surface area (Å²) in [5.74, 6) is -3.15. The van der Waals surface area contributed by atoms with Crippen molar-refractivity contribution >= 4 is 22.1 Å². The monoisotopic (exact) mass is 400 g/mol. The van der Waals surface area contributed by atoms with Crippen LogP contribution in [0, 0.1) is 0 Å². The van der Waals surface area contributed by atoms with Gasteiger partial charge in [0, 0.05) is 18.8 Å². The van der Waals surface area contributed by atoms with E-state index in [9.17, 15) is 27.7 Å². The zero-order valence-corrected chi connectivity index (χ0v) is 17.5. The van der Waals surface area contributed by atoms with Gasteiger partial charge in [-0.3, -0.25) is 9.35 Å². The van der Waals surface area contributed by atoms with Gasteiger partial charge in [-0.2, -0.15) is 8.42 Å². The quantitative estimate of drug-likeness (QED) is 0.302. The molecule has 9 heteroatoms. The zero-order valence-electron chi connectivity index (χ0n) is 14.7. The molecule has 0 aliphatic carbocycles. The maximum absolute atomic E-state index is 12.6. The molecule has 0 spiro atoms. The molecule has 2 aromatic rings. The smallest absolute Gasteiger partial charge is 0.550 e. The molecule has 0 saturated carbocycles. The van der Waals surface area contributed by atoms with Crippen molar-refractivity contribution in [2.75, 3.05) is 0 Å². The summed E-state index contributed by atoms with van der Waals surface area (Å²) in [6.45, 7) is -0.265. The molecule has 1 N–H and O–H groups in total. The zero-order chi connectivity index (χ0) is 19.2. The van der Waals surface area contributed by atoms with Crippen molar-refractivity contribution in [2.24, 2.45) is 0 Å². The fraction of sp³-hybridized carbons (Fsp3) is 0.222. The number of rotatable bonds is 8. The summed E-state index contributed by atoms with van der Waals surface area (Å²) in [6, 6.07) is 16.3. The Labute approximate surface area is 179 Å². The van der Waals surface area contributed by atoms with Gasteiger partial charge in [-0.1, -0.05) is 60.7 Å². The van der Waals surface area contributed by atoms with Gasteiger partial charge in [0.15, 0.2) is 0 Å². The SMILES string of the molecule is O=C([O-])CC(Cc1ccccc1)(C(=O)OCc1ccccc1)S(=O)(=O)O.[Na+]. The van der Waals surface area contributed by atoms with Gasteiger partial charge in [0.1, 0.15) is 6.61 Å². The molecule has 0 aliphatic rings. The summed E-state index contributed by atoms with van der Waals surface area (Å²) in [7, 11) is -5.12. The van der Waals surface area contributed by atoms with Crippen LogP contribution in [0.4, 0.5) is 0 Å². The maximum atomic E-state index is 12.6. The summed E-state index contributed by atoms with van der Waals surface area (Å²) in [5.41, 5.74) is 0.932. The van der Waals surface area contributed by atoms with E-state index in [2.05, 4.69) is 0 Å². The van der Waals surface area contributed by atoms with Gasteiger partial charge in [-0.05, 0) is 11.1 Å². The molecular weight excluding hydrogens is 383 g/mol. The first kappa shape index (κ1) is 23.3. The predicted octanol–water partition coefficient (Wildman–Crippen LogP) is -2.26. The largest absolute Gasteiger partial charge is 1.00 e. The van der Waals surface area contributed by atoms with Gasteiger partial charge >= 0.3 is 35.5 Å². The molecule has 1 atom stereocenters. The number of hydrogen-bond acceptors (Lipinski definition) is 6. The molecule has 7 nitrogen and oxygen atoms in total. The van der Waals surface area contributed by atoms with E-state index < -0.39 is 39.6 Å². The summed E-state index contributed by atoms with van der Waals surface area (Å²) in [4.78, 5) is 23.7. The molecule has 0 saturated heterocycles. The molecule has 0 amide bonds. The Hall–Kier alpha value is -1.71. The van der Waals surface area contributed by atoms with Gasteiger partial charge in [-0.15, -0.1) is 0 Å². The number of ether oxygens (including phenoxy) is 1. The van der Waals surface area contributed by atoms with Gasteiger partial charge in [0.25, 0.3) is 10.1 Å². The molecule has 0 radical (unpaired) electrons. The van der Waals surface area contributed by atoms with E-state index >= 15 is 0 Å². The average Bonchev–Trinajstić information content (AvgIpc) is 2.59. The van der Waals surface area contributed by atoms with Crippen LogP contribution in [0.25, 0.3) is 0 Å². The van der Waals surface area contributed by atoms with E-state index in [-0.39, 0.29) is 36.2 Å². The van der Waals surface area contributed by atoms with Gasteiger partial charge in [0.05, 0.1) is 0 Å². The van der Waals surface area contributed by atoms with Crippen LogP contribution in [-0.4, -0.2) is 29.7 Å². The summed E-state index contributed by atoms with van der Waals surface area (Å²) >= 11 is 0. The number of carboxylic acids is 1. The molecule has 27 heavy (non-hydrogen) atoms. The van der Waals surface area contributed by atoms with Crippen molar-refractivity contribution < 1.29 is 62.0 Å². The molecule has 0 bridgehead atoms. The molecular formula is C18H17NaO7S. The van der Waals surface area contributed by atoms with Crippen LogP contribution in [-0.2, 0) is 37.5 Å². The van der Waals surface area contributed by atoms with Crippen LogP contribution in [0.3, 0.4) is 0 Å². The maximum Gasteiger partial charge on any atom is 1.00 e. The van der Waals surface area contributed by atoms with Crippen molar-refractivity contribution in [1.82, 2.24) is 0 Å². The third-order valence-corrected chi connectivity index (χ3v) is 5.28. The minimum Gasteiger partial charge on any atom is -0.550 e. The first-order valence-electron chi connectivity index (χ1n) is 7.66. The molecule has 1 unspecified atom stereocenters. The van der Waals surface area contributed by atoms with Crippen LogP contribution >= 0.6 is 0 Å². The Bertz CT molecular complexity index is 869. The molecule has 0 aliphatic heterocycles. The summed E-state index contributed by atoms with van der Waals surface area (Å²) in [6.07, 6.45) is -1.79. The van der Waals surface area contributed by atoms with Crippen LogP contribution in [0.5, 0.6) is 0 Å². The number of carboxylic acid groups (broad SMARTS) is 1. The summed E-state index contributed by atoms with van der Waals surface area (Å²) < 4.78 is 36.0. The summed E-state index contributed by atoms with van der Waals surface area (Å²) in [5, 5.41) is 11.1. The standard InChI is InChI=1S/C18H18O7S.Na/c19-16(20)12-18(26(22,23)24,11-14-7-3-1-4-8-14)17(21)25-13-15-9-5-2-6-10-15;/h1-10H,11-13H2,(H,19,20)(H,22,23,24);/q;+1/p-1. The number of benzene rings is 2. The number of aliphatic carboxylic acids is 1. The average molecular weight is 400 g/mol. The number of carbonyl (C=O) groups is 2. The molecule has 2 aromatic carbocycles. The van der Waals surface area contributed by atoms with E-state index in [1.54, 1.807) is 48.5 Å². The van der Waals surface area contributed by atoms with E-state index in [0.717, 1.165) is 0 Å². The molecule has 0 aromatic heterocycles. The van der Waals surface area contributed by atoms with Crippen LogP contribution in [0.15, 0.2) is 60.7 Å². The molecule has 2 rings (SSSR count). The normalized spacial score (nSPS) is 13.1. The Morgan fingerprint density at radius 1 is 0.963 bits per heavy atom. The molecule has 0 heterocycles. The fourth-order valence-electron chi connectivity index (χ4n) is 2.51. The Balaban J connectivity index is 0.00000364. The van der Waals surface area contributed by atoms with E-state index in [4.69, 9.17) is 4.74 Å². The minimum atomic E-state index is -5.12. The Kier molecular flexibility index (Phi) is 8.64. The van der Waals surface area contributed by atoms with Gasteiger partial charge in [-0.25, -0.2) is 0 Å². The Morgan fingerprint density at radius 3 is 1.89 bits per heavy atom. The first-order valence-corrected chi connectivity index (χ1v) is 9.10. The third-order valence-electron chi connectivity index (χ3n) is 3.84. The second-order valence-corrected chi connectivity index (χ2v) is 7.47. The minimum absolute atomic E-state index is 0. The number of hydrogen-bond donors (Lipinski definition) is 1. The molecule has 138 valence electrons. The van der Waals surface area contributed by atoms with Crippen LogP contribution in [0.2, 0.25) is 0 Å². The van der Waals surface area contributed by atoms with Crippen molar-refractivity contribution in [3.05, 3.63) is 71.8 Å². The van der Waals surface area contributed by atoms with E-state index in [0.29, 0.717) is 11.1 Å². The number of esters is 1. The topological polar surface area (TPSA) is 121 Å². The van der Waals surface area contributed by atoms with Crippen molar-refractivity contribution in [3.8, 4) is 0 Å². The fourth-order valence-corrected chi connectivity index (χ4v) is 3.43. The predicted molar refractivity (Wildman–Crippen MR) is 90.3 cm³/mol.